The molecule has 2 aromatic carbocycles. The quantitative estimate of drug-likeness (QED) is 0.878. The lowest BCUT2D eigenvalue weighted by molar-refractivity contribution is 0.620. The Labute approximate surface area is 109 Å². The zero-order valence-electron chi connectivity index (χ0n) is 9.50. The van der Waals surface area contributed by atoms with E-state index in [1.54, 1.807) is 12.1 Å². The maximum Gasteiger partial charge on any atom is 0.137 e. The highest BCUT2D eigenvalue weighted by Gasteiger charge is 2.00. The van der Waals surface area contributed by atoms with Gasteiger partial charge in [-0.2, -0.15) is 0 Å². The second-order valence-corrected chi connectivity index (χ2v) is 4.83. The Balaban J connectivity index is 2.05. The Kier molecular flexibility index (Phi) is 3.79. The van der Waals surface area contributed by atoms with Crippen LogP contribution in [0.2, 0.25) is 0 Å². The number of aryl methyl sites for hydroxylation is 1. The normalized spacial score (nSPS) is 10.3. The molecule has 0 aliphatic rings. The summed E-state index contributed by atoms with van der Waals surface area (Å²) in [5.41, 5.74) is 3.33. The monoisotopic (exact) mass is 293 g/mol. The van der Waals surface area contributed by atoms with Gasteiger partial charge in [-0.1, -0.05) is 18.2 Å². The van der Waals surface area contributed by atoms with Crippen molar-refractivity contribution in [3.63, 3.8) is 0 Å². The van der Waals surface area contributed by atoms with Gasteiger partial charge < -0.3 is 5.32 Å². The van der Waals surface area contributed by atoms with Crippen molar-refractivity contribution in [2.45, 2.75) is 13.5 Å². The SMILES string of the molecule is Cc1cccc(NCc2ccc(F)c(Br)c2)c1. The molecule has 0 unspecified atom stereocenters. The molecule has 3 heteroatoms. The van der Waals surface area contributed by atoms with Crippen molar-refractivity contribution in [1.29, 1.82) is 0 Å². The number of halogens is 2. The van der Waals surface area contributed by atoms with Gasteiger partial charge in [0.1, 0.15) is 5.82 Å². The van der Waals surface area contributed by atoms with E-state index in [1.165, 1.54) is 11.6 Å². The Morgan fingerprint density at radius 2 is 2.00 bits per heavy atom. The van der Waals surface area contributed by atoms with E-state index in [9.17, 15) is 4.39 Å². The van der Waals surface area contributed by atoms with Crippen molar-refractivity contribution in [2.75, 3.05) is 5.32 Å². The van der Waals surface area contributed by atoms with Crippen LogP contribution in [0.1, 0.15) is 11.1 Å². The van der Waals surface area contributed by atoms with Gasteiger partial charge in [0.05, 0.1) is 4.47 Å². The summed E-state index contributed by atoms with van der Waals surface area (Å²) in [6.07, 6.45) is 0. The van der Waals surface area contributed by atoms with Crippen molar-refractivity contribution in [2.24, 2.45) is 0 Å². The Hall–Kier alpha value is -1.35. The summed E-state index contributed by atoms with van der Waals surface area (Å²) in [5.74, 6) is -0.232. The lowest BCUT2D eigenvalue weighted by atomic mass is 10.2. The van der Waals surface area contributed by atoms with Crippen LogP contribution in [-0.2, 0) is 6.54 Å². The molecule has 0 fully saturated rings. The van der Waals surface area contributed by atoms with Crippen LogP contribution < -0.4 is 5.32 Å². The zero-order chi connectivity index (χ0) is 12.3. The molecule has 0 aromatic heterocycles. The first-order valence-corrected chi connectivity index (χ1v) is 6.19. The summed E-state index contributed by atoms with van der Waals surface area (Å²) in [6, 6.07) is 13.2. The molecule has 1 N–H and O–H groups in total. The third kappa shape index (κ3) is 3.30. The number of rotatable bonds is 3. The number of hydrogen-bond donors (Lipinski definition) is 1. The van der Waals surface area contributed by atoms with Crippen LogP contribution in [0.25, 0.3) is 0 Å². The van der Waals surface area contributed by atoms with Crippen molar-refractivity contribution < 1.29 is 4.39 Å². The van der Waals surface area contributed by atoms with Gasteiger partial charge in [0.2, 0.25) is 0 Å². The average molecular weight is 294 g/mol. The first kappa shape index (κ1) is 12.1. The van der Waals surface area contributed by atoms with Crippen molar-refractivity contribution in [1.82, 2.24) is 0 Å². The Morgan fingerprint density at radius 3 is 2.71 bits per heavy atom. The molecule has 0 amide bonds. The predicted molar refractivity (Wildman–Crippen MR) is 72.6 cm³/mol. The smallest absolute Gasteiger partial charge is 0.137 e. The fraction of sp³-hybridized carbons (Fsp3) is 0.143. The maximum atomic E-state index is 13.0. The van der Waals surface area contributed by atoms with E-state index in [0.29, 0.717) is 11.0 Å². The molecule has 1 nitrogen and oxygen atoms in total. The number of benzene rings is 2. The molecule has 0 bridgehead atoms. The minimum Gasteiger partial charge on any atom is -0.381 e. The van der Waals surface area contributed by atoms with Gasteiger partial charge in [0.25, 0.3) is 0 Å². The molecule has 0 aliphatic heterocycles. The third-order valence-corrected chi connectivity index (χ3v) is 3.11. The topological polar surface area (TPSA) is 12.0 Å². The van der Waals surface area contributed by atoms with Crippen LogP contribution in [0.3, 0.4) is 0 Å². The van der Waals surface area contributed by atoms with Gasteiger partial charge in [0.15, 0.2) is 0 Å². The van der Waals surface area contributed by atoms with E-state index >= 15 is 0 Å². The first-order valence-electron chi connectivity index (χ1n) is 5.39. The molecule has 88 valence electrons. The van der Waals surface area contributed by atoms with E-state index in [-0.39, 0.29) is 5.82 Å². The van der Waals surface area contributed by atoms with Crippen LogP contribution in [0.4, 0.5) is 10.1 Å². The second-order valence-electron chi connectivity index (χ2n) is 3.97. The highest BCUT2D eigenvalue weighted by Crippen LogP contribution is 2.18. The summed E-state index contributed by atoms with van der Waals surface area (Å²) in [5, 5.41) is 3.31. The van der Waals surface area contributed by atoms with Crippen LogP contribution in [0.5, 0.6) is 0 Å². The van der Waals surface area contributed by atoms with Crippen LogP contribution in [-0.4, -0.2) is 0 Å². The molecule has 0 saturated heterocycles. The van der Waals surface area contributed by atoms with Crippen molar-refractivity contribution >= 4 is 21.6 Å². The van der Waals surface area contributed by atoms with Crippen LogP contribution in [0.15, 0.2) is 46.9 Å². The van der Waals surface area contributed by atoms with Crippen molar-refractivity contribution in [3.8, 4) is 0 Å². The highest BCUT2D eigenvalue weighted by atomic mass is 79.9. The molecule has 0 saturated carbocycles. The molecule has 0 atom stereocenters. The largest absolute Gasteiger partial charge is 0.381 e. The number of anilines is 1. The molecule has 2 rings (SSSR count). The Morgan fingerprint density at radius 1 is 1.18 bits per heavy atom. The highest BCUT2D eigenvalue weighted by molar-refractivity contribution is 9.10. The molecular weight excluding hydrogens is 281 g/mol. The van der Waals surface area contributed by atoms with E-state index in [4.69, 9.17) is 0 Å². The lowest BCUT2D eigenvalue weighted by Crippen LogP contribution is -1.99. The molecule has 0 spiro atoms. The molecular formula is C14H13BrFN. The first-order chi connectivity index (χ1) is 8.15. The fourth-order valence-electron chi connectivity index (χ4n) is 1.61. The van der Waals surface area contributed by atoms with Gasteiger partial charge in [-0.3, -0.25) is 0 Å². The zero-order valence-corrected chi connectivity index (χ0v) is 11.1. The summed E-state index contributed by atoms with van der Waals surface area (Å²) in [4.78, 5) is 0. The average Bonchev–Trinajstić information content (AvgIpc) is 2.31. The minimum absolute atomic E-state index is 0.232. The fourth-order valence-corrected chi connectivity index (χ4v) is 2.03. The molecule has 17 heavy (non-hydrogen) atoms. The van der Waals surface area contributed by atoms with Gasteiger partial charge in [0, 0.05) is 12.2 Å². The summed E-state index contributed by atoms with van der Waals surface area (Å²) >= 11 is 3.18. The number of hydrogen-bond acceptors (Lipinski definition) is 1. The second kappa shape index (κ2) is 5.32. The van der Waals surface area contributed by atoms with E-state index in [1.807, 2.05) is 12.1 Å². The van der Waals surface area contributed by atoms with Gasteiger partial charge in [-0.05, 0) is 58.2 Å². The Bertz CT molecular complexity index is 525. The van der Waals surface area contributed by atoms with Gasteiger partial charge in [-0.15, -0.1) is 0 Å². The van der Waals surface area contributed by atoms with Crippen LogP contribution in [0, 0.1) is 12.7 Å². The lowest BCUT2D eigenvalue weighted by Gasteiger charge is -2.07. The van der Waals surface area contributed by atoms with Gasteiger partial charge in [-0.25, -0.2) is 4.39 Å². The van der Waals surface area contributed by atoms with Crippen LogP contribution >= 0.6 is 15.9 Å². The maximum absolute atomic E-state index is 13.0. The van der Waals surface area contributed by atoms with Gasteiger partial charge >= 0.3 is 0 Å². The summed E-state index contributed by atoms with van der Waals surface area (Å²) in [7, 11) is 0. The van der Waals surface area contributed by atoms with E-state index in [2.05, 4.69) is 40.3 Å². The number of nitrogens with one attached hydrogen (secondary N) is 1. The minimum atomic E-state index is -0.232. The molecule has 2 aromatic rings. The molecule has 0 radical (unpaired) electrons. The van der Waals surface area contributed by atoms with Crippen molar-refractivity contribution in [3.05, 3.63) is 63.9 Å². The standard InChI is InChI=1S/C14H13BrFN/c1-10-3-2-4-12(7-10)17-9-11-5-6-14(16)13(15)8-11/h2-8,17H,9H2,1H3. The molecule has 0 aliphatic carbocycles. The van der Waals surface area contributed by atoms with E-state index < -0.39 is 0 Å². The summed E-state index contributed by atoms with van der Waals surface area (Å²) in [6.45, 7) is 2.74. The predicted octanol–water partition coefficient (Wildman–Crippen LogP) is 4.51. The third-order valence-electron chi connectivity index (χ3n) is 2.50. The van der Waals surface area contributed by atoms with E-state index in [0.717, 1.165) is 11.3 Å². The summed E-state index contributed by atoms with van der Waals surface area (Å²) < 4.78 is 13.5. The molecule has 0 heterocycles.